The van der Waals surface area contributed by atoms with E-state index in [1.54, 1.807) is 18.4 Å². The number of nitrogens with zero attached hydrogens (tertiary/aromatic N) is 1. The number of halogens is 1. The number of aliphatic imine (C=N–C) groups is 1. The average Bonchev–Trinajstić information content (AvgIpc) is 3.16. The molecule has 1 heterocycles. The second kappa shape index (κ2) is 12.0. The fourth-order valence-corrected chi connectivity index (χ4v) is 2.14. The van der Waals surface area contributed by atoms with Crippen LogP contribution >= 0.6 is 24.0 Å². The van der Waals surface area contributed by atoms with Crippen LogP contribution in [0, 0.1) is 12.3 Å². The van der Waals surface area contributed by atoms with Gasteiger partial charge in [0, 0.05) is 12.1 Å². The molecule has 0 unspecified atom stereocenters. The molecule has 1 aromatic carbocycles. The first-order chi connectivity index (χ1) is 12.2. The highest BCUT2D eigenvalue weighted by atomic mass is 127. The maximum absolute atomic E-state index is 12.2. The van der Waals surface area contributed by atoms with Crippen molar-refractivity contribution in [3.05, 3.63) is 59.5 Å². The number of rotatable bonds is 7. The fraction of sp³-hybridized carbons (Fsp3) is 0.263. The molecule has 0 radical (unpaired) electrons. The van der Waals surface area contributed by atoms with Crippen LogP contribution in [0.15, 0.2) is 52.1 Å². The molecule has 138 valence electrons. The first-order valence-electron chi connectivity index (χ1n) is 8.08. The van der Waals surface area contributed by atoms with E-state index < -0.39 is 0 Å². The molecule has 2 aromatic rings. The fourth-order valence-electron chi connectivity index (χ4n) is 2.14. The van der Waals surface area contributed by atoms with Crippen molar-refractivity contribution in [3.63, 3.8) is 0 Å². The number of amides is 1. The highest BCUT2D eigenvalue weighted by molar-refractivity contribution is 14.0. The summed E-state index contributed by atoms with van der Waals surface area (Å²) < 4.78 is 5.20. The van der Waals surface area contributed by atoms with E-state index in [0.717, 1.165) is 12.1 Å². The van der Waals surface area contributed by atoms with Crippen molar-refractivity contribution in [1.29, 1.82) is 0 Å². The highest BCUT2D eigenvalue weighted by Gasteiger charge is 2.07. The minimum Gasteiger partial charge on any atom is -0.467 e. The molecule has 0 aliphatic carbocycles. The third-order valence-electron chi connectivity index (χ3n) is 3.31. The molecule has 1 amide bonds. The summed E-state index contributed by atoms with van der Waals surface area (Å²) in [5.74, 6) is 3.72. The minimum atomic E-state index is -0.153. The Morgan fingerprint density at radius 2 is 2.08 bits per heavy atom. The zero-order chi connectivity index (χ0) is 17.9. The smallest absolute Gasteiger partial charge is 0.251 e. The molecule has 0 bridgehead atoms. The molecule has 3 N–H and O–H groups in total. The molecule has 26 heavy (non-hydrogen) atoms. The number of furan rings is 1. The molecule has 0 saturated heterocycles. The van der Waals surface area contributed by atoms with Gasteiger partial charge in [0.1, 0.15) is 5.76 Å². The number of hydrogen-bond donors (Lipinski definition) is 3. The van der Waals surface area contributed by atoms with Gasteiger partial charge in [-0.05, 0) is 36.8 Å². The van der Waals surface area contributed by atoms with Crippen LogP contribution < -0.4 is 16.0 Å². The number of carbonyl (C=O) groups excluding carboxylic acids is 1. The Balaban J connectivity index is 0.00000338. The van der Waals surface area contributed by atoms with E-state index in [0.29, 0.717) is 36.9 Å². The summed E-state index contributed by atoms with van der Waals surface area (Å²) in [6.45, 7) is 3.93. The maximum Gasteiger partial charge on any atom is 0.251 e. The highest BCUT2D eigenvalue weighted by Crippen LogP contribution is 2.07. The summed E-state index contributed by atoms with van der Waals surface area (Å²) in [6.07, 6.45) is 6.83. The lowest BCUT2D eigenvalue weighted by atomic mass is 10.1. The third-order valence-corrected chi connectivity index (χ3v) is 3.31. The van der Waals surface area contributed by atoms with Gasteiger partial charge in [-0.2, -0.15) is 0 Å². The van der Waals surface area contributed by atoms with E-state index >= 15 is 0 Å². The normalized spacial score (nSPS) is 10.4. The van der Waals surface area contributed by atoms with Gasteiger partial charge >= 0.3 is 0 Å². The first-order valence-corrected chi connectivity index (χ1v) is 8.08. The SMILES string of the molecule is C#CCNC(=NCc1cccc(C(=O)NCc2ccco2)c1)NCC.I. The van der Waals surface area contributed by atoms with Gasteiger partial charge in [0.15, 0.2) is 5.96 Å². The second-order valence-electron chi connectivity index (χ2n) is 5.22. The lowest BCUT2D eigenvalue weighted by molar-refractivity contribution is 0.0948. The Kier molecular flexibility index (Phi) is 9.94. The van der Waals surface area contributed by atoms with Crippen LogP contribution in [0.2, 0.25) is 0 Å². The van der Waals surface area contributed by atoms with Gasteiger partial charge in [0.05, 0.1) is 25.9 Å². The Hall–Kier alpha value is -2.47. The molecule has 2 rings (SSSR count). The Morgan fingerprint density at radius 1 is 1.23 bits per heavy atom. The first kappa shape index (κ1) is 21.6. The quantitative estimate of drug-likeness (QED) is 0.254. The molecule has 1 aromatic heterocycles. The number of terminal acetylenes is 1. The van der Waals surface area contributed by atoms with E-state index in [-0.39, 0.29) is 29.9 Å². The van der Waals surface area contributed by atoms with Gasteiger partial charge < -0.3 is 20.4 Å². The summed E-state index contributed by atoms with van der Waals surface area (Å²) in [7, 11) is 0. The summed E-state index contributed by atoms with van der Waals surface area (Å²) in [6, 6.07) is 11.0. The van der Waals surface area contributed by atoms with Crippen molar-refractivity contribution >= 4 is 35.8 Å². The number of nitrogens with one attached hydrogen (secondary N) is 3. The molecular formula is C19H23IN4O2. The van der Waals surface area contributed by atoms with Gasteiger partial charge in [-0.25, -0.2) is 4.99 Å². The van der Waals surface area contributed by atoms with Gasteiger partial charge in [-0.3, -0.25) is 4.79 Å². The Morgan fingerprint density at radius 3 is 2.77 bits per heavy atom. The molecule has 0 fully saturated rings. The monoisotopic (exact) mass is 466 g/mol. The summed E-state index contributed by atoms with van der Waals surface area (Å²) >= 11 is 0. The van der Waals surface area contributed by atoms with E-state index in [9.17, 15) is 4.79 Å². The third kappa shape index (κ3) is 7.19. The number of benzene rings is 1. The van der Waals surface area contributed by atoms with Crippen LogP contribution in [0.1, 0.15) is 28.6 Å². The Labute approximate surface area is 170 Å². The molecule has 0 aliphatic rings. The van der Waals surface area contributed by atoms with Gasteiger partial charge in [0.2, 0.25) is 0 Å². The molecule has 0 spiro atoms. The van der Waals surface area contributed by atoms with E-state index in [1.807, 2.05) is 31.2 Å². The molecular weight excluding hydrogens is 443 g/mol. The molecule has 6 nitrogen and oxygen atoms in total. The van der Waals surface area contributed by atoms with Crippen LogP contribution in [0.5, 0.6) is 0 Å². The predicted octanol–water partition coefficient (Wildman–Crippen LogP) is 2.52. The second-order valence-corrected chi connectivity index (χ2v) is 5.22. The van der Waals surface area contributed by atoms with Crippen LogP contribution in [-0.4, -0.2) is 25.0 Å². The molecule has 7 heteroatoms. The predicted molar refractivity (Wildman–Crippen MR) is 113 cm³/mol. The van der Waals surface area contributed by atoms with Crippen molar-refractivity contribution in [1.82, 2.24) is 16.0 Å². The standard InChI is InChI=1S/C19H22N4O2.HI/c1-3-10-21-19(20-4-2)23-13-15-7-5-8-16(12-15)18(24)22-14-17-9-6-11-25-17;/h1,5-9,11-12H,4,10,13-14H2,2H3,(H,22,24)(H2,20,21,23);1H. The lowest BCUT2D eigenvalue weighted by Gasteiger charge is -2.09. The zero-order valence-electron chi connectivity index (χ0n) is 14.6. The number of guanidine groups is 1. The summed E-state index contributed by atoms with van der Waals surface area (Å²) in [4.78, 5) is 16.7. The van der Waals surface area contributed by atoms with Crippen molar-refractivity contribution < 1.29 is 9.21 Å². The van der Waals surface area contributed by atoms with Crippen LogP contribution in [0.3, 0.4) is 0 Å². The van der Waals surface area contributed by atoms with Crippen molar-refractivity contribution in [2.75, 3.05) is 13.1 Å². The van der Waals surface area contributed by atoms with Crippen molar-refractivity contribution in [2.24, 2.45) is 4.99 Å². The molecule has 0 saturated carbocycles. The minimum absolute atomic E-state index is 0. The lowest BCUT2D eigenvalue weighted by Crippen LogP contribution is -2.37. The van der Waals surface area contributed by atoms with Gasteiger partial charge in [0.25, 0.3) is 5.91 Å². The maximum atomic E-state index is 12.2. The topological polar surface area (TPSA) is 78.7 Å². The summed E-state index contributed by atoms with van der Waals surface area (Å²) in [5.41, 5.74) is 1.52. The zero-order valence-corrected chi connectivity index (χ0v) is 16.9. The van der Waals surface area contributed by atoms with Gasteiger partial charge in [-0.1, -0.05) is 18.1 Å². The number of carbonyl (C=O) groups is 1. The summed E-state index contributed by atoms with van der Waals surface area (Å²) in [5, 5.41) is 8.97. The van der Waals surface area contributed by atoms with Crippen molar-refractivity contribution in [3.8, 4) is 12.3 Å². The number of hydrogen-bond acceptors (Lipinski definition) is 3. The molecule has 0 atom stereocenters. The van der Waals surface area contributed by atoms with E-state index in [2.05, 4.69) is 26.9 Å². The van der Waals surface area contributed by atoms with Crippen molar-refractivity contribution in [2.45, 2.75) is 20.0 Å². The average molecular weight is 466 g/mol. The van der Waals surface area contributed by atoms with Gasteiger partial charge in [-0.15, -0.1) is 30.4 Å². The Bertz CT molecular complexity index is 751. The van der Waals surface area contributed by atoms with Crippen LogP contribution in [-0.2, 0) is 13.1 Å². The van der Waals surface area contributed by atoms with E-state index in [1.165, 1.54) is 0 Å². The largest absolute Gasteiger partial charge is 0.467 e. The van der Waals surface area contributed by atoms with Crippen LogP contribution in [0.25, 0.3) is 0 Å². The molecule has 0 aliphatic heterocycles. The van der Waals surface area contributed by atoms with E-state index in [4.69, 9.17) is 10.8 Å². The van der Waals surface area contributed by atoms with Crippen LogP contribution in [0.4, 0.5) is 0 Å².